The second-order valence-corrected chi connectivity index (χ2v) is 4.68. The van der Waals surface area contributed by atoms with Gasteiger partial charge in [-0.15, -0.1) is 0 Å². The van der Waals surface area contributed by atoms with Gasteiger partial charge in [-0.25, -0.2) is 0 Å². The zero-order valence-corrected chi connectivity index (χ0v) is 10.3. The van der Waals surface area contributed by atoms with Crippen molar-refractivity contribution in [3.8, 4) is 0 Å². The van der Waals surface area contributed by atoms with Crippen LogP contribution >= 0.6 is 0 Å². The van der Waals surface area contributed by atoms with Gasteiger partial charge >= 0.3 is 0 Å². The van der Waals surface area contributed by atoms with Gasteiger partial charge in [0.05, 0.1) is 6.54 Å². The van der Waals surface area contributed by atoms with Crippen molar-refractivity contribution in [2.45, 2.75) is 25.8 Å². The lowest BCUT2D eigenvalue weighted by molar-refractivity contribution is -0.124. The van der Waals surface area contributed by atoms with Gasteiger partial charge in [-0.2, -0.15) is 0 Å². The molecule has 0 spiro atoms. The summed E-state index contributed by atoms with van der Waals surface area (Å²) in [7, 11) is 0. The van der Waals surface area contributed by atoms with E-state index in [2.05, 4.69) is 5.32 Å². The number of primary amides is 2. The lowest BCUT2D eigenvalue weighted by atomic mass is 10.0. The second-order valence-electron chi connectivity index (χ2n) is 4.68. The molecule has 6 heteroatoms. The van der Waals surface area contributed by atoms with Gasteiger partial charge in [0.25, 0.3) is 0 Å². The SMILES string of the molecule is CC(CN(CC(N)=O)C1CCNCC1)C(N)=O. The molecule has 1 unspecified atom stereocenters. The molecule has 0 aromatic heterocycles. The van der Waals surface area contributed by atoms with Crippen molar-refractivity contribution in [2.24, 2.45) is 17.4 Å². The molecule has 0 aliphatic carbocycles. The zero-order chi connectivity index (χ0) is 12.8. The van der Waals surface area contributed by atoms with Gasteiger partial charge in [0, 0.05) is 18.5 Å². The van der Waals surface area contributed by atoms with E-state index in [1.807, 2.05) is 4.90 Å². The maximum Gasteiger partial charge on any atom is 0.231 e. The molecule has 5 N–H and O–H groups in total. The number of carbonyl (C=O) groups excluding carboxylic acids is 2. The average molecular weight is 242 g/mol. The molecule has 1 rings (SSSR count). The molecule has 1 heterocycles. The predicted molar refractivity (Wildman–Crippen MR) is 65.0 cm³/mol. The molecule has 98 valence electrons. The molecular weight excluding hydrogens is 220 g/mol. The molecule has 0 radical (unpaired) electrons. The van der Waals surface area contributed by atoms with Crippen molar-refractivity contribution < 1.29 is 9.59 Å². The van der Waals surface area contributed by atoms with Gasteiger partial charge < -0.3 is 16.8 Å². The summed E-state index contributed by atoms with van der Waals surface area (Å²) in [6, 6.07) is 0.311. The molecule has 17 heavy (non-hydrogen) atoms. The van der Waals surface area contributed by atoms with E-state index in [0.717, 1.165) is 25.9 Å². The summed E-state index contributed by atoms with van der Waals surface area (Å²) in [4.78, 5) is 24.1. The van der Waals surface area contributed by atoms with Crippen LogP contribution in [0.3, 0.4) is 0 Å². The third kappa shape index (κ3) is 4.70. The van der Waals surface area contributed by atoms with Gasteiger partial charge in [-0.3, -0.25) is 14.5 Å². The van der Waals surface area contributed by atoms with Crippen LogP contribution in [-0.4, -0.2) is 48.9 Å². The van der Waals surface area contributed by atoms with Crippen LogP contribution in [0, 0.1) is 5.92 Å². The molecule has 1 saturated heterocycles. The fourth-order valence-corrected chi connectivity index (χ4v) is 2.16. The largest absolute Gasteiger partial charge is 0.369 e. The fraction of sp³-hybridized carbons (Fsp3) is 0.818. The lowest BCUT2D eigenvalue weighted by Gasteiger charge is -2.34. The fourth-order valence-electron chi connectivity index (χ4n) is 2.16. The monoisotopic (exact) mass is 242 g/mol. The van der Waals surface area contributed by atoms with Crippen LogP contribution in [-0.2, 0) is 9.59 Å². The van der Waals surface area contributed by atoms with E-state index in [0.29, 0.717) is 12.6 Å². The summed E-state index contributed by atoms with van der Waals surface area (Å²) in [5, 5.41) is 3.26. The number of piperidine rings is 1. The van der Waals surface area contributed by atoms with E-state index >= 15 is 0 Å². The quantitative estimate of drug-likeness (QED) is 0.536. The Balaban J connectivity index is 2.58. The van der Waals surface area contributed by atoms with E-state index in [-0.39, 0.29) is 24.3 Å². The van der Waals surface area contributed by atoms with Crippen LogP contribution in [0.25, 0.3) is 0 Å². The van der Waals surface area contributed by atoms with Gasteiger partial charge in [0.1, 0.15) is 0 Å². The topological polar surface area (TPSA) is 101 Å². The molecule has 0 aromatic carbocycles. The highest BCUT2D eigenvalue weighted by atomic mass is 16.1. The van der Waals surface area contributed by atoms with Crippen LogP contribution in [0.15, 0.2) is 0 Å². The highest BCUT2D eigenvalue weighted by Gasteiger charge is 2.25. The number of carbonyl (C=O) groups is 2. The van der Waals surface area contributed by atoms with Crippen molar-refractivity contribution in [3.05, 3.63) is 0 Å². The van der Waals surface area contributed by atoms with Crippen molar-refractivity contribution in [2.75, 3.05) is 26.2 Å². The van der Waals surface area contributed by atoms with Crippen LogP contribution in [0.2, 0.25) is 0 Å². The summed E-state index contributed by atoms with van der Waals surface area (Å²) in [6.45, 7) is 4.35. The van der Waals surface area contributed by atoms with E-state index in [1.54, 1.807) is 6.92 Å². The third-order valence-electron chi connectivity index (χ3n) is 3.18. The number of hydrogen-bond acceptors (Lipinski definition) is 4. The Morgan fingerprint density at radius 3 is 2.41 bits per heavy atom. The van der Waals surface area contributed by atoms with Gasteiger partial charge in [0.2, 0.25) is 11.8 Å². The Bertz CT molecular complexity index is 277. The minimum Gasteiger partial charge on any atom is -0.369 e. The van der Waals surface area contributed by atoms with Crippen LogP contribution in [0.1, 0.15) is 19.8 Å². The maximum atomic E-state index is 11.1. The van der Waals surface area contributed by atoms with Crippen molar-refractivity contribution in [3.63, 3.8) is 0 Å². The van der Waals surface area contributed by atoms with Gasteiger partial charge in [-0.1, -0.05) is 6.92 Å². The van der Waals surface area contributed by atoms with Crippen molar-refractivity contribution in [1.82, 2.24) is 10.2 Å². The molecule has 0 saturated carbocycles. The summed E-state index contributed by atoms with van der Waals surface area (Å²) >= 11 is 0. The first kappa shape index (κ1) is 13.9. The smallest absolute Gasteiger partial charge is 0.231 e. The third-order valence-corrected chi connectivity index (χ3v) is 3.18. The lowest BCUT2D eigenvalue weighted by Crippen LogP contribution is -2.49. The summed E-state index contributed by atoms with van der Waals surface area (Å²) < 4.78 is 0. The van der Waals surface area contributed by atoms with E-state index in [9.17, 15) is 9.59 Å². The van der Waals surface area contributed by atoms with E-state index in [1.165, 1.54) is 0 Å². The zero-order valence-electron chi connectivity index (χ0n) is 10.3. The minimum atomic E-state index is -0.361. The molecule has 1 aliphatic heterocycles. The van der Waals surface area contributed by atoms with Crippen LogP contribution < -0.4 is 16.8 Å². The molecule has 6 nitrogen and oxygen atoms in total. The Labute approximate surface area is 102 Å². The summed E-state index contributed by atoms with van der Waals surface area (Å²) in [5.74, 6) is -0.960. The number of rotatable bonds is 6. The number of nitrogens with zero attached hydrogens (tertiary/aromatic N) is 1. The first-order valence-electron chi connectivity index (χ1n) is 6.03. The maximum absolute atomic E-state index is 11.1. The average Bonchev–Trinajstić information content (AvgIpc) is 2.28. The molecule has 1 aliphatic rings. The number of amides is 2. The highest BCUT2D eigenvalue weighted by molar-refractivity contribution is 5.77. The van der Waals surface area contributed by atoms with E-state index in [4.69, 9.17) is 11.5 Å². The van der Waals surface area contributed by atoms with Crippen molar-refractivity contribution in [1.29, 1.82) is 0 Å². The predicted octanol–water partition coefficient (Wildman–Crippen LogP) is -1.35. The van der Waals surface area contributed by atoms with E-state index < -0.39 is 0 Å². The molecule has 0 aromatic rings. The number of hydrogen-bond donors (Lipinski definition) is 3. The first-order chi connectivity index (χ1) is 8.00. The Morgan fingerprint density at radius 2 is 1.94 bits per heavy atom. The summed E-state index contributed by atoms with van der Waals surface area (Å²) in [5.41, 5.74) is 10.5. The Hall–Kier alpha value is -1.14. The second kappa shape index (κ2) is 6.56. The minimum absolute atomic E-state index is 0.197. The van der Waals surface area contributed by atoms with Crippen LogP contribution in [0.4, 0.5) is 0 Å². The Kier molecular flexibility index (Phi) is 5.37. The Morgan fingerprint density at radius 1 is 1.35 bits per heavy atom. The number of nitrogens with one attached hydrogen (secondary N) is 1. The molecular formula is C11H22N4O2. The van der Waals surface area contributed by atoms with Gasteiger partial charge in [-0.05, 0) is 25.9 Å². The normalized spacial score (nSPS) is 19.2. The highest BCUT2D eigenvalue weighted by Crippen LogP contribution is 2.13. The molecule has 2 amide bonds. The van der Waals surface area contributed by atoms with Gasteiger partial charge in [0.15, 0.2) is 0 Å². The van der Waals surface area contributed by atoms with Crippen molar-refractivity contribution >= 4 is 11.8 Å². The first-order valence-corrected chi connectivity index (χ1v) is 6.03. The standard InChI is InChI=1S/C11H22N4O2/c1-8(11(13)17)6-15(7-10(12)16)9-2-4-14-5-3-9/h8-9,14H,2-7H2,1H3,(H2,12,16)(H2,13,17). The molecule has 1 fully saturated rings. The van der Waals surface area contributed by atoms with Crippen LogP contribution in [0.5, 0.6) is 0 Å². The molecule has 1 atom stereocenters. The number of nitrogens with two attached hydrogens (primary N) is 2. The summed E-state index contributed by atoms with van der Waals surface area (Å²) in [6.07, 6.45) is 1.94. The molecule has 0 bridgehead atoms.